The van der Waals surface area contributed by atoms with Crippen molar-refractivity contribution in [3.8, 4) is 0 Å². The van der Waals surface area contributed by atoms with Crippen molar-refractivity contribution in [1.29, 1.82) is 0 Å². The standard InChI is InChI=1S/C15H20ClN5O2/c1-15(23,11-7-18-21(4)8-11)9-17-14(22)10-5-12(16)19-13(6-10)20(2)3/h5-8,23H,9H2,1-4H3,(H,17,22). The maximum Gasteiger partial charge on any atom is 0.251 e. The number of halogens is 1. The lowest BCUT2D eigenvalue weighted by molar-refractivity contribution is 0.0526. The van der Waals surface area contributed by atoms with Crippen LogP contribution in [0.2, 0.25) is 5.15 Å². The molecule has 0 spiro atoms. The smallest absolute Gasteiger partial charge is 0.251 e. The van der Waals surface area contributed by atoms with Crippen LogP contribution in [0, 0.1) is 0 Å². The Morgan fingerprint density at radius 2 is 2.17 bits per heavy atom. The van der Waals surface area contributed by atoms with Crippen LogP contribution in [0.5, 0.6) is 0 Å². The van der Waals surface area contributed by atoms with Gasteiger partial charge in [-0.25, -0.2) is 4.98 Å². The molecule has 2 rings (SSSR count). The van der Waals surface area contributed by atoms with Crippen LogP contribution in [-0.4, -0.2) is 46.4 Å². The second kappa shape index (κ2) is 6.55. The molecule has 0 aliphatic heterocycles. The van der Waals surface area contributed by atoms with Crippen molar-refractivity contribution >= 4 is 23.3 Å². The molecular formula is C15H20ClN5O2. The second-order valence-corrected chi connectivity index (χ2v) is 6.18. The van der Waals surface area contributed by atoms with E-state index in [0.717, 1.165) is 0 Å². The molecule has 1 amide bonds. The van der Waals surface area contributed by atoms with Crippen LogP contribution in [-0.2, 0) is 12.6 Å². The van der Waals surface area contributed by atoms with E-state index in [4.69, 9.17) is 11.6 Å². The highest BCUT2D eigenvalue weighted by molar-refractivity contribution is 6.29. The number of anilines is 1. The zero-order valence-electron chi connectivity index (χ0n) is 13.5. The van der Waals surface area contributed by atoms with E-state index in [-0.39, 0.29) is 17.6 Å². The van der Waals surface area contributed by atoms with Gasteiger partial charge in [0.1, 0.15) is 16.6 Å². The summed E-state index contributed by atoms with van der Waals surface area (Å²) in [6.07, 6.45) is 3.28. The number of nitrogens with zero attached hydrogens (tertiary/aromatic N) is 4. The van der Waals surface area contributed by atoms with Crippen LogP contribution in [0.1, 0.15) is 22.8 Å². The molecule has 2 aromatic heterocycles. The van der Waals surface area contributed by atoms with Gasteiger partial charge in [-0.2, -0.15) is 5.10 Å². The number of carbonyl (C=O) groups excluding carboxylic acids is 1. The number of hydrogen-bond acceptors (Lipinski definition) is 5. The maximum atomic E-state index is 12.3. The summed E-state index contributed by atoms with van der Waals surface area (Å²) in [6, 6.07) is 3.13. The predicted molar refractivity (Wildman–Crippen MR) is 88.7 cm³/mol. The number of carbonyl (C=O) groups is 1. The molecular weight excluding hydrogens is 318 g/mol. The molecule has 0 bridgehead atoms. The minimum absolute atomic E-state index is 0.0504. The van der Waals surface area contributed by atoms with Crippen LogP contribution in [0.15, 0.2) is 24.5 Å². The lowest BCUT2D eigenvalue weighted by Gasteiger charge is -2.22. The first kappa shape index (κ1) is 17.2. The minimum atomic E-state index is -1.22. The third-order valence-corrected chi connectivity index (χ3v) is 3.61. The molecule has 0 radical (unpaired) electrons. The molecule has 0 saturated carbocycles. The third-order valence-electron chi connectivity index (χ3n) is 3.42. The zero-order valence-corrected chi connectivity index (χ0v) is 14.3. The number of aryl methyl sites for hydroxylation is 1. The monoisotopic (exact) mass is 337 g/mol. The Bertz CT molecular complexity index is 712. The van der Waals surface area contributed by atoms with Crippen LogP contribution in [0.4, 0.5) is 5.82 Å². The van der Waals surface area contributed by atoms with Gasteiger partial charge in [-0.3, -0.25) is 9.48 Å². The van der Waals surface area contributed by atoms with Crippen LogP contribution in [0.3, 0.4) is 0 Å². The molecule has 23 heavy (non-hydrogen) atoms. The summed E-state index contributed by atoms with van der Waals surface area (Å²) in [5.41, 5.74) is -0.205. The first-order valence-electron chi connectivity index (χ1n) is 7.03. The lowest BCUT2D eigenvalue weighted by Crippen LogP contribution is -2.38. The van der Waals surface area contributed by atoms with Crippen molar-refractivity contribution in [2.24, 2.45) is 7.05 Å². The molecule has 1 atom stereocenters. The van der Waals surface area contributed by atoms with Gasteiger partial charge in [-0.05, 0) is 19.1 Å². The van der Waals surface area contributed by atoms with E-state index in [1.807, 2.05) is 14.1 Å². The number of amides is 1. The summed E-state index contributed by atoms with van der Waals surface area (Å²) >= 11 is 5.95. The summed E-state index contributed by atoms with van der Waals surface area (Å²) < 4.78 is 1.59. The summed E-state index contributed by atoms with van der Waals surface area (Å²) in [5.74, 6) is 0.253. The molecule has 8 heteroatoms. The number of pyridine rings is 1. The third kappa shape index (κ3) is 4.20. The summed E-state index contributed by atoms with van der Waals surface area (Å²) in [5, 5.41) is 17.4. The van der Waals surface area contributed by atoms with Gasteiger partial charge in [0.2, 0.25) is 0 Å². The molecule has 7 nitrogen and oxygen atoms in total. The predicted octanol–water partition coefficient (Wildman–Crippen LogP) is 1.17. The van der Waals surface area contributed by atoms with Crippen LogP contribution >= 0.6 is 11.6 Å². The van der Waals surface area contributed by atoms with Crippen molar-refractivity contribution < 1.29 is 9.90 Å². The van der Waals surface area contributed by atoms with Crippen LogP contribution < -0.4 is 10.2 Å². The van der Waals surface area contributed by atoms with Crippen LogP contribution in [0.25, 0.3) is 0 Å². The molecule has 2 aromatic rings. The number of nitrogens with one attached hydrogen (secondary N) is 1. The molecule has 1 unspecified atom stereocenters. The van der Waals surface area contributed by atoms with E-state index in [1.165, 1.54) is 6.07 Å². The largest absolute Gasteiger partial charge is 0.383 e. The van der Waals surface area contributed by atoms with E-state index in [0.29, 0.717) is 16.9 Å². The van der Waals surface area contributed by atoms with Gasteiger partial charge in [-0.15, -0.1) is 0 Å². The molecule has 0 aliphatic rings. The first-order chi connectivity index (χ1) is 10.7. The average molecular weight is 338 g/mol. The molecule has 0 aliphatic carbocycles. The van der Waals surface area contributed by atoms with Crippen molar-refractivity contribution in [3.63, 3.8) is 0 Å². The fraction of sp³-hybridized carbons (Fsp3) is 0.400. The first-order valence-corrected chi connectivity index (χ1v) is 7.41. The average Bonchev–Trinajstić information content (AvgIpc) is 2.91. The second-order valence-electron chi connectivity index (χ2n) is 5.79. The topological polar surface area (TPSA) is 83.3 Å². The molecule has 2 heterocycles. The minimum Gasteiger partial charge on any atom is -0.383 e. The SMILES string of the molecule is CN(C)c1cc(C(=O)NCC(C)(O)c2cnn(C)c2)cc(Cl)n1. The van der Waals surface area contributed by atoms with Gasteiger partial charge in [0.05, 0.1) is 12.7 Å². The van der Waals surface area contributed by atoms with Crippen molar-refractivity contribution in [3.05, 3.63) is 40.8 Å². The quantitative estimate of drug-likeness (QED) is 0.800. The van der Waals surface area contributed by atoms with Gasteiger partial charge in [0.15, 0.2) is 0 Å². The normalized spacial score (nSPS) is 13.5. The Kier molecular flexibility index (Phi) is 4.91. The highest BCUT2D eigenvalue weighted by atomic mass is 35.5. The number of aliphatic hydroxyl groups is 1. The fourth-order valence-electron chi connectivity index (χ4n) is 2.00. The lowest BCUT2D eigenvalue weighted by atomic mass is 9.99. The van der Waals surface area contributed by atoms with Gasteiger partial charge in [0, 0.05) is 38.5 Å². The molecule has 2 N–H and O–H groups in total. The molecule has 0 fully saturated rings. The van der Waals surface area contributed by atoms with Crippen molar-refractivity contribution in [2.45, 2.75) is 12.5 Å². The van der Waals surface area contributed by atoms with Gasteiger partial charge in [0.25, 0.3) is 5.91 Å². The Labute approximate surface area is 139 Å². The summed E-state index contributed by atoms with van der Waals surface area (Å²) in [6.45, 7) is 1.67. The zero-order chi connectivity index (χ0) is 17.2. The number of rotatable bonds is 5. The van der Waals surface area contributed by atoms with Gasteiger partial charge >= 0.3 is 0 Å². The Morgan fingerprint density at radius 3 is 2.74 bits per heavy atom. The highest BCUT2D eigenvalue weighted by Gasteiger charge is 2.25. The highest BCUT2D eigenvalue weighted by Crippen LogP contribution is 2.20. The Morgan fingerprint density at radius 1 is 1.48 bits per heavy atom. The van der Waals surface area contributed by atoms with E-state index >= 15 is 0 Å². The summed E-state index contributed by atoms with van der Waals surface area (Å²) in [7, 11) is 5.39. The van der Waals surface area contributed by atoms with E-state index < -0.39 is 5.60 Å². The van der Waals surface area contributed by atoms with E-state index in [2.05, 4.69) is 15.4 Å². The Balaban J connectivity index is 2.10. The fourth-order valence-corrected chi connectivity index (χ4v) is 2.20. The number of aromatic nitrogens is 3. The van der Waals surface area contributed by atoms with E-state index in [1.54, 1.807) is 42.0 Å². The summed E-state index contributed by atoms with van der Waals surface area (Å²) in [4.78, 5) is 18.2. The molecule has 0 saturated heterocycles. The van der Waals surface area contributed by atoms with Gasteiger partial charge < -0.3 is 15.3 Å². The maximum absolute atomic E-state index is 12.3. The molecule has 124 valence electrons. The van der Waals surface area contributed by atoms with Gasteiger partial charge in [-0.1, -0.05) is 11.6 Å². The van der Waals surface area contributed by atoms with E-state index in [9.17, 15) is 9.90 Å². The van der Waals surface area contributed by atoms with Crippen molar-refractivity contribution in [1.82, 2.24) is 20.1 Å². The number of hydrogen-bond donors (Lipinski definition) is 2. The molecule has 0 aromatic carbocycles. The van der Waals surface area contributed by atoms with Crippen molar-refractivity contribution in [2.75, 3.05) is 25.5 Å². The Hall–Kier alpha value is -2.12.